The molecule has 9 radical (unpaired) electrons. The van der Waals surface area contributed by atoms with E-state index in [1.807, 2.05) is 6.42 Å². The molecule has 1 unspecified atom stereocenters. The van der Waals surface area contributed by atoms with Gasteiger partial charge in [0.15, 0.2) is 0 Å². The van der Waals surface area contributed by atoms with Crippen LogP contribution in [0.2, 0.25) is 0 Å². The topological polar surface area (TPSA) is 103 Å². The fourth-order valence-electron chi connectivity index (χ4n) is 0.376. The molecule has 0 N–H and O–H groups in total. The van der Waals surface area contributed by atoms with Crippen molar-refractivity contribution in [2.45, 2.75) is 0 Å². The number of rotatable bonds is 5. The Morgan fingerprint density at radius 3 is 2.00 bits per heavy atom. The van der Waals surface area contributed by atoms with Crippen molar-refractivity contribution in [3.05, 3.63) is 44.0 Å². The molecule has 7 heteroatoms. The van der Waals surface area contributed by atoms with Crippen molar-refractivity contribution in [1.82, 2.24) is 0 Å². The quantitative estimate of drug-likeness (QED) is 0.566. The molecule has 14 heavy (non-hydrogen) atoms. The molecule has 0 saturated heterocycles. The van der Waals surface area contributed by atoms with Gasteiger partial charge >= 0.3 is 0 Å². The highest BCUT2D eigenvalue weighted by Gasteiger charge is 2.11. The summed E-state index contributed by atoms with van der Waals surface area (Å²) in [4.78, 5) is 30.7. The first-order chi connectivity index (χ1) is 6.12. The van der Waals surface area contributed by atoms with Gasteiger partial charge in [-0.05, 0) is 19.9 Å². The Kier molecular flexibility index (Phi) is 5.27. The lowest BCUT2D eigenvalue weighted by molar-refractivity contribution is -0.310. The van der Waals surface area contributed by atoms with E-state index in [4.69, 9.17) is 0 Å². The third kappa shape index (κ3) is 8.67. The second-order valence-electron chi connectivity index (χ2n) is 2.11. The molecule has 0 aliphatic carbocycles. The lowest BCUT2D eigenvalue weighted by Crippen LogP contribution is -2.16. The van der Waals surface area contributed by atoms with E-state index in [0.717, 1.165) is 5.90 Å². The summed E-state index contributed by atoms with van der Waals surface area (Å²) < 4.78 is 20.7. The molecule has 0 saturated carbocycles. The lowest BCUT2D eigenvalue weighted by atomic mass is 10.3. The highest BCUT2D eigenvalue weighted by Crippen LogP contribution is 2.54. The zero-order chi connectivity index (χ0) is 11.4. The van der Waals surface area contributed by atoms with Crippen molar-refractivity contribution < 1.29 is 23.8 Å². The summed E-state index contributed by atoms with van der Waals surface area (Å²) in [6.45, 7) is 6.47. The Hall–Kier alpha value is 0.0800. The standard InChI is InChI=1S/C7H7O5P2/c1-7(2)4-3-5-13(8,9)6-14(10,11)12/h1-2H2,(H,8,9)(H2,10,11,12)/p-3. The first-order valence-electron chi connectivity index (χ1n) is 3.04. The van der Waals surface area contributed by atoms with Crippen molar-refractivity contribution in [2.75, 3.05) is 0 Å². The second-order valence-corrected chi connectivity index (χ2v) is 5.24. The summed E-state index contributed by atoms with van der Waals surface area (Å²) in [6.07, 6.45) is 5.46. The van der Waals surface area contributed by atoms with Crippen LogP contribution < -0.4 is 14.7 Å². The van der Waals surface area contributed by atoms with Crippen molar-refractivity contribution in [3.8, 4) is 0 Å². The van der Waals surface area contributed by atoms with Gasteiger partial charge in [-0.1, -0.05) is 13.2 Å². The molecule has 0 aromatic rings. The van der Waals surface area contributed by atoms with Gasteiger partial charge in [0.2, 0.25) is 0 Å². The van der Waals surface area contributed by atoms with Gasteiger partial charge in [0.25, 0.3) is 0 Å². The number of hydrogen-bond acceptors (Lipinski definition) is 5. The van der Waals surface area contributed by atoms with Gasteiger partial charge in [-0.15, -0.1) is 0 Å². The monoisotopic (exact) mass is 230 g/mol. The molecule has 0 bridgehead atoms. The van der Waals surface area contributed by atoms with Crippen LogP contribution in [0.1, 0.15) is 0 Å². The van der Waals surface area contributed by atoms with Gasteiger partial charge in [0.05, 0.1) is 12.1 Å². The number of allylic oxidation sites excluding steroid dienone is 2. The van der Waals surface area contributed by atoms with E-state index in [1.165, 1.54) is 6.16 Å². The molecule has 75 valence electrons. The minimum absolute atomic E-state index is 0.130. The van der Waals surface area contributed by atoms with Crippen LogP contribution in [0.15, 0.2) is 5.57 Å². The maximum absolute atomic E-state index is 10.7. The van der Waals surface area contributed by atoms with E-state index in [9.17, 15) is 23.8 Å². The third-order valence-corrected chi connectivity index (χ3v) is 3.14. The van der Waals surface area contributed by atoms with Crippen LogP contribution in [0.5, 0.6) is 0 Å². The highest BCUT2D eigenvalue weighted by atomic mass is 31.2. The minimum atomic E-state index is -5.35. The Bertz CT molecular complexity index is 299. The largest absolute Gasteiger partial charge is 0.810 e. The highest BCUT2D eigenvalue weighted by molar-refractivity contribution is 7.75. The summed E-state index contributed by atoms with van der Waals surface area (Å²) in [6, 6.07) is 0. The van der Waals surface area contributed by atoms with Gasteiger partial charge in [0, 0.05) is 13.8 Å². The van der Waals surface area contributed by atoms with Gasteiger partial charge in [-0.25, -0.2) is 0 Å². The van der Waals surface area contributed by atoms with Crippen molar-refractivity contribution in [3.63, 3.8) is 0 Å². The molecule has 0 aromatic carbocycles. The molecule has 0 fully saturated rings. The van der Waals surface area contributed by atoms with E-state index in [-0.39, 0.29) is 5.57 Å². The van der Waals surface area contributed by atoms with Gasteiger partial charge in [-0.3, -0.25) is 0 Å². The van der Waals surface area contributed by atoms with Gasteiger partial charge < -0.3 is 23.8 Å². The predicted molar refractivity (Wildman–Crippen MR) is 42.4 cm³/mol. The number of hydrogen-bond donors (Lipinski definition) is 0. The summed E-state index contributed by atoms with van der Waals surface area (Å²) in [5.74, 6) is 0.850. The average molecular weight is 230 g/mol. The molecule has 0 aliphatic heterocycles. The summed E-state index contributed by atoms with van der Waals surface area (Å²) >= 11 is 0. The van der Waals surface area contributed by atoms with Crippen LogP contribution in [0, 0.1) is 38.4 Å². The summed E-state index contributed by atoms with van der Waals surface area (Å²) in [7, 11) is -10.1. The molecule has 0 spiro atoms. The minimum Gasteiger partial charge on any atom is -0.810 e. The average Bonchev–Trinajstić information content (AvgIpc) is 1.78. The molecular formula is C7H4O5P2-3. The molecule has 1 atom stereocenters. The van der Waals surface area contributed by atoms with Gasteiger partial charge in [-0.2, -0.15) is 0 Å². The fourth-order valence-corrected chi connectivity index (χ4v) is 2.07. The Morgan fingerprint density at radius 2 is 1.64 bits per heavy atom. The molecular weight excluding hydrogens is 226 g/mol. The smallest absolute Gasteiger partial charge is 0.0738 e. The predicted octanol–water partition coefficient (Wildman–Crippen LogP) is -0.947. The molecule has 0 rings (SSSR count). The maximum atomic E-state index is 10.7. The first kappa shape index (κ1) is 14.1. The Morgan fingerprint density at radius 1 is 1.14 bits per heavy atom. The van der Waals surface area contributed by atoms with Crippen molar-refractivity contribution in [1.29, 1.82) is 0 Å². The normalized spacial score (nSPS) is 16.1. The van der Waals surface area contributed by atoms with E-state index in [0.29, 0.717) is 0 Å². The Labute approximate surface area is 83.5 Å². The third-order valence-electron chi connectivity index (χ3n) is 0.696. The Balaban J connectivity index is 4.17. The van der Waals surface area contributed by atoms with E-state index in [1.54, 1.807) is 0 Å². The molecule has 0 aromatic heterocycles. The lowest BCUT2D eigenvalue weighted by Gasteiger charge is -2.34. The van der Waals surface area contributed by atoms with Crippen LogP contribution in [-0.4, -0.2) is 0 Å². The van der Waals surface area contributed by atoms with Crippen LogP contribution >= 0.6 is 15.0 Å². The van der Waals surface area contributed by atoms with Crippen molar-refractivity contribution in [2.24, 2.45) is 0 Å². The van der Waals surface area contributed by atoms with Crippen LogP contribution in [0.4, 0.5) is 0 Å². The van der Waals surface area contributed by atoms with Crippen LogP contribution in [0.3, 0.4) is 0 Å². The fraction of sp³-hybridized carbons (Fsp3) is 0. The van der Waals surface area contributed by atoms with E-state index < -0.39 is 15.0 Å². The molecule has 0 amide bonds. The molecule has 0 heterocycles. The van der Waals surface area contributed by atoms with E-state index in [2.05, 4.69) is 19.9 Å². The zero-order valence-electron chi connectivity index (χ0n) is 6.85. The van der Waals surface area contributed by atoms with Crippen LogP contribution in [0.25, 0.3) is 0 Å². The summed E-state index contributed by atoms with van der Waals surface area (Å²) in [5, 5.41) is 0. The molecule has 5 nitrogen and oxygen atoms in total. The van der Waals surface area contributed by atoms with E-state index >= 15 is 0 Å². The zero-order valence-corrected chi connectivity index (χ0v) is 8.64. The molecule has 0 aliphatic rings. The van der Waals surface area contributed by atoms with Gasteiger partial charge in [0.1, 0.15) is 0 Å². The SMILES string of the molecule is [CH2]C([CH2])=[C][C][C]P(=O)([O-])[C]P(=O)([O-])[O-]. The van der Waals surface area contributed by atoms with Crippen LogP contribution in [-0.2, 0) is 9.13 Å². The summed E-state index contributed by atoms with van der Waals surface area (Å²) in [5.41, 5.74) is 0.130. The van der Waals surface area contributed by atoms with Crippen molar-refractivity contribution >= 4 is 15.0 Å². The second kappa shape index (κ2) is 5.24. The first-order valence-corrected chi connectivity index (χ1v) is 6.21. The maximum Gasteiger partial charge on any atom is 0.0738 e.